The average molecular weight is 534 g/mol. The van der Waals surface area contributed by atoms with Gasteiger partial charge in [0.2, 0.25) is 0 Å². The van der Waals surface area contributed by atoms with Crippen LogP contribution >= 0.6 is 15.9 Å². The van der Waals surface area contributed by atoms with Crippen molar-refractivity contribution in [2.24, 2.45) is 0 Å². The van der Waals surface area contributed by atoms with E-state index in [1.165, 1.54) is 24.3 Å². The van der Waals surface area contributed by atoms with Crippen LogP contribution in [0.2, 0.25) is 0 Å². The summed E-state index contributed by atoms with van der Waals surface area (Å²) in [6, 6.07) is 4.83. The Morgan fingerprint density at radius 3 is 2.18 bits per heavy atom. The highest BCUT2D eigenvalue weighted by atomic mass is 79.9. The minimum atomic E-state index is -1.54. The molecular weight excluding hydrogens is 510 g/mol. The second-order valence-electron chi connectivity index (χ2n) is 8.55. The number of halogens is 1. The van der Waals surface area contributed by atoms with E-state index in [4.69, 9.17) is 4.74 Å². The number of nitrogens with zero attached hydrogens (tertiary/aromatic N) is 3. The average Bonchev–Trinajstić information content (AvgIpc) is 3.03. The SMILES string of the molecule is CC(C)(C)OC(=O)C1=CC=CN(C(=O)O)N1C(=O)C(CCCBr)N1C(=O)c2ccccc2C1=O. The van der Waals surface area contributed by atoms with Crippen LogP contribution < -0.4 is 0 Å². The topological polar surface area (TPSA) is 125 Å². The van der Waals surface area contributed by atoms with E-state index in [9.17, 15) is 29.1 Å². The van der Waals surface area contributed by atoms with E-state index in [1.54, 1.807) is 32.9 Å². The van der Waals surface area contributed by atoms with Crippen LogP contribution in [-0.4, -0.2) is 66.8 Å². The molecule has 180 valence electrons. The van der Waals surface area contributed by atoms with Gasteiger partial charge in [-0.05, 0) is 57.9 Å². The van der Waals surface area contributed by atoms with Gasteiger partial charge in [-0.1, -0.05) is 28.1 Å². The van der Waals surface area contributed by atoms with Crippen molar-refractivity contribution < 1.29 is 33.8 Å². The standard InChI is InChI=1S/C23H24BrN3O7/c1-23(2,3)34-21(31)17-11-7-13-25(22(32)33)27(17)20(30)16(10-6-12-24)26-18(28)14-8-4-5-9-15(14)19(26)29/h4-5,7-9,11,13,16H,6,10,12H2,1-3H3,(H,32,33). The molecule has 1 unspecified atom stereocenters. The molecule has 1 atom stereocenters. The zero-order chi connectivity index (χ0) is 25.2. The van der Waals surface area contributed by atoms with Crippen molar-refractivity contribution in [2.75, 3.05) is 5.33 Å². The second-order valence-corrected chi connectivity index (χ2v) is 9.34. The number of imide groups is 1. The van der Waals surface area contributed by atoms with E-state index in [1.807, 2.05) is 0 Å². The minimum Gasteiger partial charge on any atom is -0.463 e. The number of hydrogen-bond donors (Lipinski definition) is 1. The lowest BCUT2D eigenvalue weighted by molar-refractivity contribution is -0.159. The summed E-state index contributed by atoms with van der Waals surface area (Å²) < 4.78 is 5.36. The summed E-state index contributed by atoms with van der Waals surface area (Å²) in [5, 5.41) is 11.3. The number of hydrogen-bond acceptors (Lipinski definition) is 6. The number of carboxylic acid groups (broad SMARTS) is 1. The molecule has 0 fully saturated rings. The summed E-state index contributed by atoms with van der Waals surface area (Å²) in [4.78, 5) is 65.6. The van der Waals surface area contributed by atoms with Crippen molar-refractivity contribution in [2.45, 2.75) is 45.3 Å². The smallest absolute Gasteiger partial charge is 0.431 e. The Balaban J connectivity index is 2.04. The second kappa shape index (κ2) is 9.80. The number of rotatable bonds is 6. The fourth-order valence-corrected chi connectivity index (χ4v) is 3.92. The number of alkyl halides is 1. The molecule has 0 spiro atoms. The zero-order valence-corrected chi connectivity index (χ0v) is 20.4. The largest absolute Gasteiger partial charge is 0.463 e. The first-order valence-electron chi connectivity index (χ1n) is 10.5. The summed E-state index contributed by atoms with van der Waals surface area (Å²) >= 11 is 3.28. The van der Waals surface area contributed by atoms with E-state index in [2.05, 4.69) is 15.9 Å². The van der Waals surface area contributed by atoms with Crippen LogP contribution in [0.15, 0.2) is 48.3 Å². The van der Waals surface area contributed by atoms with Crippen LogP contribution in [0.25, 0.3) is 0 Å². The molecule has 0 aromatic heterocycles. The van der Waals surface area contributed by atoms with Crippen molar-refractivity contribution in [3.63, 3.8) is 0 Å². The lowest BCUT2D eigenvalue weighted by atomic mass is 10.1. The molecule has 0 saturated heterocycles. The fraction of sp³-hybridized carbons (Fsp3) is 0.348. The van der Waals surface area contributed by atoms with Crippen molar-refractivity contribution in [1.82, 2.24) is 14.9 Å². The molecule has 4 amide bonds. The summed E-state index contributed by atoms with van der Waals surface area (Å²) in [5.74, 6) is -3.19. The first-order valence-corrected chi connectivity index (χ1v) is 11.6. The molecule has 2 aliphatic rings. The number of ether oxygens (including phenoxy) is 1. The predicted octanol–water partition coefficient (Wildman–Crippen LogP) is 3.30. The van der Waals surface area contributed by atoms with Crippen molar-refractivity contribution >= 4 is 45.7 Å². The normalized spacial score (nSPS) is 16.4. The van der Waals surface area contributed by atoms with Crippen LogP contribution in [0.5, 0.6) is 0 Å². The van der Waals surface area contributed by atoms with Gasteiger partial charge in [-0.15, -0.1) is 0 Å². The van der Waals surface area contributed by atoms with E-state index in [0.29, 0.717) is 21.8 Å². The fourth-order valence-electron chi connectivity index (χ4n) is 3.59. The number of carbonyl (C=O) groups is 5. The van der Waals surface area contributed by atoms with Crippen LogP contribution in [0.3, 0.4) is 0 Å². The third-order valence-electron chi connectivity index (χ3n) is 4.97. The molecule has 34 heavy (non-hydrogen) atoms. The van der Waals surface area contributed by atoms with Crippen molar-refractivity contribution in [3.05, 3.63) is 59.4 Å². The molecular formula is C23H24BrN3O7. The summed E-state index contributed by atoms with van der Waals surface area (Å²) in [6.45, 7) is 4.88. The Labute approximate surface area is 204 Å². The maximum Gasteiger partial charge on any atom is 0.431 e. The highest BCUT2D eigenvalue weighted by Crippen LogP contribution is 2.29. The molecule has 2 heterocycles. The lowest BCUT2D eigenvalue weighted by Crippen LogP contribution is -2.57. The third-order valence-corrected chi connectivity index (χ3v) is 5.53. The van der Waals surface area contributed by atoms with Gasteiger partial charge in [0.1, 0.15) is 11.6 Å². The number of fused-ring (bicyclic) bond motifs is 1. The molecule has 3 rings (SSSR count). The van der Waals surface area contributed by atoms with Crippen LogP contribution in [-0.2, 0) is 14.3 Å². The van der Waals surface area contributed by atoms with Gasteiger partial charge < -0.3 is 9.84 Å². The molecule has 1 aromatic rings. The Bertz CT molecular complexity index is 1070. The van der Waals surface area contributed by atoms with Gasteiger partial charge in [-0.3, -0.25) is 19.3 Å². The Morgan fingerprint density at radius 2 is 1.68 bits per heavy atom. The molecule has 0 bridgehead atoms. The molecule has 0 saturated carbocycles. The number of hydrazine groups is 1. The van der Waals surface area contributed by atoms with Crippen LogP contribution in [0.1, 0.15) is 54.3 Å². The molecule has 1 aromatic carbocycles. The van der Waals surface area contributed by atoms with Gasteiger partial charge in [0.25, 0.3) is 17.7 Å². The molecule has 1 N–H and O–H groups in total. The third kappa shape index (κ3) is 4.89. The monoisotopic (exact) mass is 533 g/mol. The molecule has 11 heteroatoms. The van der Waals surface area contributed by atoms with Crippen LogP contribution in [0, 0.1) is 0 Å². The maximum absolute atomic E-state index is 13.8. The molecule has 10 nitrogen and oxygen atoms in total. The summed E-state index contributed by atoms with van der Waals surface area (Å²) in [5.41, 5.74) is -0.966. The summed E-state index contributed by atoms with van der Waals surface area (Å²) in [6.07, 6.45) is 2.51. The first-order chi connectivity index (χ1) is 16.0. The number of carbonyl (C=O) groups excluding carboxylic acids is 4. The molecule has 0 radical (unpaired) electrons. The van der Waals surface area contributed by atoms with Gasteiger partial charge in [-0.25, -0.2) is 14.6 Å². The number of benzene rings is 1. The van der Waals surface area contributed by atoms with Crippen LogP contribution in [0.4, 0.5) is 4.79 Å². The Hall–Kier alpha value is -3.47. The molecule has 2 aliphatic heterocycles. The highest BCUT2D eigenvalue weighted by molar-refractivity contribution is 9.09. The highest BCUT2D eigenvalue weighted by Gasteiger charge is 2.46. The zero-order valence-electron chi connectivity index (χ0n) is 18.9. The van der Waals surface area contributed by atoms with Gasteiger partial charge in [0.05, 0.1) is 11.1 Å². The number of amides is 4. The van der Waals surface area contributed by atoms with Gasteiger partial charge in [-0.2, -0.15) is 5.01 Å². The van der Waals surface area contributed by atoms with Crippen molar-refractivity contribution in [1.29, 1.82) is 0 Å². The predicted molar refractivity (Wildman–Crippen MR) is 124 cm³/mol. The minimum absolute atomic E-state index is 0.0465. The summed E-state index contributed by atoms with van der Waals surface area (Å²) in [7, 11) is 0. The Kier molecular flexibility index (Phi) is 7.25. The van der Waals surface area contributed by atoms with E-state index < -0.39 is 41.4 Å². The van der Waals surface area contributed by atoms with Gasteiger partial charge in [0, 0.05) is 11.5 Å². The molecule has 0 aliphatic carbocycles. The lowest BCUT2D eigenvalue weighted by Gasteiger charge is -2.37. The first kappa shape index (κ1) is 25.2. The number of allylic oxidation sites excluding steroid dienone is 2. The Morgan fingerprint density at radius 1 is 1.09 bits per heavy atom. The number of esters is 1. The van der Waals surface area contributed by atoms with E-state index in [0.717, 1.165) is 11.1 Å². The van der Waals surface area contributed by atoms with E-state index >= 15 is 0 Å². The van der Waals surface area contributed by atoms with Gasteiger partial charge >= 0.3 is 12.1 Å². The maximum atomic E-state index is 13.8. The van der Waals surface area contributed by atoms with E-state index in [-0.39, 0.29) is 23.2 Å². The van der Waals surface area contributed by atoms with Crippen molar-refractivity contribution in [3.8, 4) is 0 Å². The van der Waals surface area contributed by atoms with Gasteiger partial charge in [0.15, 0.2) is 5.70 Å². The quantitative estimate of drug-likeness (QED) is 0.337.